The lowest BCUT2D eigenvalue weighted by molar-refractivity contribution is -0.0462. The van der Waals surface area contributed by atoms with Crippen molar-refractivity contribution in [3.05, 3.63) is 24.3 Å². The van der Waals surface area contributed by atoms with Gasteiger partial charge in [-0.3, -0.25) is 0 Å². The SMILES string of the molecule is COc1ccc(N(S(=O)(=O)C(F)(F)F)S(=O)(=O)C(F)(F)F)cc1. The summed E-state index contributed by atoms with van der Waals surface area (Å²) in [7, 11) is -12.6. The van der Waals surface area contributed by atoms with Crippen LogP contribution in [-0.4, -0.2) is 35.0 Å². The van der Waals surface area contributed by atoms with Gasteiger partial charge in [0.05, 0.1) is 12.8 Å². The Kier molecular flexibility index (Phi) is 4.83. The molecule has 0 saturated carbocycles. The van der Waals surface area contributed by atoms with Gasteiger partial charge in [-0.15, -0.1) is 3.71 Å². The zero-order valence-corrected chi connectivity index (χ0v) is 12.5. The average molecular weight is 387 g/mol. The van der Waals surface area contributed by atoms with Crippen LogP contribution in [0.2, 0.25) is 0 Å². The number of ether oxygens (including phenoxy) is 1. The van der Waals surface area contributed by atoms with E-state index in [1.807, 2.05) is 0 Å². The smallest absolute Gasteiger partial charge is 0.497 e. The Balaban J connectivity index is 3.70. The summed E-state index contributed by atoms with van der Waals surface area (Å²) >= 11 is 0. The molecular weight excluding hydrogens is 380 g/mol. The molecule has 0 unspecified atom stereocenters. The molecule has 23 heavy (non-hydrogen) atoms. The molecule has 0 aliphatic heterocycles. The van der Waals surface area contributed by atoms with E-state index in [2.05, 4.69) is 4.74 Å². The van der Waals surface area contributed by atoms with Crippen molar-refractivity contribution in [3.63, 3.8) is 0 Å². The molecular formula is C9H7F6NO5S2. The molecule has 132 valence electrons. The van der Waals surface area contributed by atoms with E-state index in [0.717, 1.165) is 19.2 Å². The van der Waals surface area contributed by atoms with Gasteiger partial charge >= 0.3 is 31.1 Å². The summed E-state index contributed by atoms with van der Waals surface area (Å²) in [5, 5.41) is 0. The minimum Gasteiger partial charge on any atom is -0.497 e. The summed E-state index contributed by atoms with van der Waals surface area (Å²) in [5.41, 5.74) is -13.9. The molecule has 0 amide bonds. The van der Waals surface area contributed by atoms with E-state index in [1.165, 1.54) is 0 Å². The van der Waals surface area contributed by atoms with Crippen LogP contribution < -0.4 is 8.45 Å². The van der Waals surface area contributed by atoms with Gasteiger partial charge in [-0.2, -0.15) is 43.2 Å². The minimum atomic E-state index is -6.87. The van der Waals surface area contributed by atoms with Crippen molar-refractivity contribution in [1.29, 1.82) is 0 Å². The third kappa shape index (κ3) is 3.46. The van der Waals surface area contributed by atoms with E-state index in [-0.39, 0.29) is 5.75 Å². The predicted molar refractivity (Wildman–Crippen MR) is 65.4 cm³/mol. The molecule has 0 fully saturated rings. The number of alkyl halides is 6. The summed E-state index contributed by atoms with van der Waals surface area (Å²) in [6.07, 6.45) is 0. The fourth-order valence-electron chi connectivity index (χ4n) is 1.30. The van der Waals surface area contributed by atoms with E-state index in [9.17, 15) is 43.2 Å². The fourth-order valence-corrected chi connectivity index (χ4v) is 4.01. The molecule has 6 nitrogen and oxygen atoms in total. The van der Waals surface area contributed by atoms with Gasteiger partial charge in [0.25, 0.3) is 0 Å². The van der Waals surface area contributed by atoms with E-state index in [4.69, 9.17) is 0 Å². The van der Waals surface area contributed by atoms with Gasteiger partial charge in [0.15, 0.2) is 0 Å². The average Bonchev–Trinajstić information content (AvgIpc) is 2.36. The van der Waals surface area contributed by atoms with Crippen molar-refractivity contribution in [2.24, 2.45) is 0 Å². The van der Waals surface area contributed by atoms with E-state index in [1.54, 1.807) is 0 Å². The number of anilines is 1. The summed E-state index contributed by atoms with van der Waals surface area (Å²) in [5.74, 6) is -0.0532. The van der Waals surface area contributed by atoms with Crippen LogP contribution in [0.15, 0.2) is 24.3 Å². The van der Waals surface area contributed by atoms with Crippen LogP contribution in [0.25, 0.3) is 0 Å². The third-order valence-corrected chi connectivity index (χ3v) is 5.95. The van der Waals surface area contributed by atoms with Crippen molar-refractivity contribution in [3.8, 4) is 5.75 Å². The predicted octanol–water partition coefficient (Wildman–Crippen LogP) is 2.20. The second kappa shape index (κ2) is 5.74. The maximum absolute atomic E-state index is 12.5. The number of hydrogen-bond acceptors (Lipinski definition) is 5. The number of benzene rings is 1. The van der Waals surface area contributed by atoms with E-state index in [0.29, 0.717) is 12.1 Å². The molecule has 0 aliphatic rings. The molecule has 0 saturated heterocycles. The molecule has 14 heteroatoms. The quantitative estimate of drug-likeness (QED) is 0.740. The maximum Gasteiger partial charge on any atom is 0.517 e. The lowest BCUT2D eigenvalue weighted by Gasteiger charge is -2.25. The molecule has 0 spiro atoms. The Bertz CT molecular complexity index is 722. The number of halogens is 6. The van der Waals surface area contributed by atoms with Crippen molar-refractivity contribution < 1.29 is 47.9 Å². The monoisotopic (exact) mass is 387 g/mol. The molecule has 0 radical (unpaired) electrons. The van der Waals surface area contributed by atoms with Crippen LogP contribution in [0, 0.1) is 0 Å². The van der Waals surface area contributed by atoms with Crippen LogP contribution in [0.1, 0.15) is 0 Å². The molecule has 0 aromatic heterocycles. The summed E-state index contributed by atoms with van der Waals surface area (Å²) < 4.78 is 123. The first kappa shape index (κ1) is 19.3. The van der Waals surface area contributed by atoms with Crippen LogP contribution in [-0.2, 0) is 20.0 Å². The molecule has 1 aromatic rings. The second-order valence-electron chi connectivity index (χ2n) is 3.80. The molecule has 1 rings (SSSR count). The van der Waals surface area contributed by atoms with Gasteiger partial charge in [-0.05, 0) is 24.3 Å². The summed E-state index contributed by atoms with van der Waals surface area (Å²) in [4.78, 5) is 0. The van der Waals surface area contributed by atoms with Gasteiger partial charge in [-0.25, -0.2) is 0 Å². The molecule has 0 N–H and O–H groups in total. The first-order valence-electron chi connectivity index (χ1n) is 5.23. The molecule has 1 aromatic carbocycles. The number of sulfonamides is 2. The highest BCUT2D eigenvalue weighted by molar-refractivity contribution is 8.11. The van der Waals surface area contributed by atoms with Crippen LogP contribution in [0.3, 0.4) is 0 Å². The lowest BCUT2D eigenvalue weighted by atomic mass is 10.3. The maximum atomic E-state index is 12.5. The minimum absolute atomic E-state index is 0.0532. The fraction of sp³-hybridized carbons (Fsp3) is 0.333. The zero-order chi connectivity index (χ0) is 18.3. The van der Waals surface area contributed by atoms with Crippen molar-refractivity contribution in [2.75, 3.05) is 10.8 Å². The number of rotatable bonds is 4. The zero-order valence-electron chi connectivity index (χ0n) is 10.9. The van der Waals surface area contributed by atoms with E-state index < -0.39 is 40.5 Å². The largest absolute Gasteiger partial charge is 0.517 e. The van der Waals surface area contributed by atoms with Gasteiger partial charge < -0.3 is 4.74 Å². The molecule has 0 atom stereocenters. The Hall–Kier alpha value is -1.70. The van der Waals surface area contributed by atoms with Gasteiger partial charge in [0.1, 0.15) is 5.75 Å². The van der Waals surface area contributed by atoms with Crippen LogP contribution in [0.5, 0.6) is 5.75 Å². The summed E-state index contributed by atoms with van der Waals surface area (Å²) in [6, 6.07) is 2.43. The normalized spacial score (nSPS) is 13.7. The first-order chi connectivity index (χ1) is 10.2. The van der Waals surface area contributed by atoms with Gasteiger partial charge in [0.2, 0.25) is 0 Å². The van der Waals surface area contributed by atoms with Crippen LogP contribution in [0.4, 0.5) is 32.0 Å². The van der Waals surface area contributed by atoms with Crippen molar-refractivity contribution in [2.45, 2.75) is 11.0 Å². The van der Waals surface area contributed by atoms with Crippen LogP contribution >= 0.6 is 0 Å². The van der Waals surface area contributed by atoms with Crippen molar-refractivity contribution in [1.82, 2.24) is 0 Å². The topological polar surface area (TPSA) is 80.8 Å². The summed E-state index contributed by atoms with van der Waals surface area (Å²) in [6.45, 7) is 0. The highest BCUT2D eigenvalue weighted by atomic mass is 32.3. The number of methoxy groups -OCH3 is 1. The molecule has 0 bridgehead atoms. The number of nitrogens with zero attached hydrogens (tertiary/aromatic N) is 1. The lowest BCUT2D eigenvalue weighted by Crippen LogP contribution is -2.49. The Morgan fingerprint density at radius 2 is 1.17 bits per heavy atom. The molecule has 0 heterocycles. The first-order valence-corrected chi connectivity index (χ1v) is 8.11. The van der Waals surface area contributed by atoms with Gasteiger partial charge in [0, 0.05) is 0 Å². The third-order valence-electron chi connectivity index (χ3n) is 2.30. The Labute approximate surface area is 126 Å². The second-order valence-corrected chi connectivity index (χ2v) is 7.58. The Morgan fingerprint density at radius 1 is 0.826 bits per heavy atom. The molecule has 0 aliphatic carbocycles. The van der Waals surface area contributed by atoms with E-state index >= 15 is 0 Å². The van der Waals surface area contributed by atoms with Crippen molar-refractivity contribution >= 4 is 25.7 Å². The Morgan fingerprint density at radius 3 is 1.43 bits per heavy atom. The number of hydrogen-bond donors (Lipinski definition) is 0. The highest BCUT2D eigenvalue weighted by Crippen LogP contribution is 2.38. The van der Waals surface area contributed by atoms with Gasteiger partial charge in [-0.1, -0.05) is 0 Å². The standard InChI is InChI=1S/C9H7F6NO5S2/c1-21-7-4-2-6(3-5-7)16(22(17,18)8(10,11)12)23(19,20)9(13,14)15/h2-5H,1H3. The highest BCUT2D eigenvalue weighted by Gasteiger charge is 2.61.